The maximum absolute atomic E-state index is 10.6. The van der Waals surface area contributed by atoms with Gasteiger partial charge in [0.25, 0.3) is 0 Å². The van der Waals surface area contributed by atoms with Gasteiger partial charge in [0.05, 0.1) is 12.6 Å². The summed E-state index contributed by atoms with van der Waals surface area (Å²) in [6.07, 6.45) is -4.33. The number of carboxylic acids is 1. The Morgan fingerprint density at radius 2 is 1.85 bits per heavy atom. The second kappa shape index (κ2) is 7.28. The number of carbonyl (C=O) groups is 2. The van der Waals surface area contributed by atoms with Crippen molar-refractivity contribution in [3.8, 4) is 0 Å². The van der Waals surface area contributed by atoms with Gasteiger partial charge in [-0.25, -0.2) is 4.79 Å². The molecule has 0 amide bonds. The summed E-state index contributed by atoms with van der Waals surface area (Å²) in [6, 6.07) is 0. The van der Waals surface area contributed by atoms with Crippen LogP contribution in [0.25, 0.3) is 0 Å². The minimum absolute atomic E-state index is 0. The Bertz CT molecular complexity index is 182. The number of aliphatic hydroxyl groups excluding tert-OH is 2. The fraction of sp³-hybridized carbons (Fsp3) is 0.667. The molecule has 70 valence electrons. The maximum atomic E-state index is 10.6. The molecule has 0 aliphatic rings. The number of hydrogen-bond donors (Lipinski definition) is 2. The topological polar surface area (TPSA) is 107 Å². The van der Waals surface area contributed by atoms with Gasteiger partial charge in [-0.15, -0.1) is 0 Å². The Morgan fingerprint density at radius 1 is 1.38 bits per heavy atom. The summed E-state index contributed by atoms with van der Waals surface area (Å²) in [7, 11) is 0. The Morgan fingerprint density at radius 3 is 2.15 bits per heavy atom. The molecule has 0 aliphatic heterocycles. The average Bonchev–Trinajstić information content (AvgIpc) is 2.02. The summed E-state index contributed by atoms with van der Waals surface area (Å²) < 4.78 is 4.23. The fourth-order valence-electron chi connectivity index (χ4n) is 0.485. The standard InChI is InChI=1S/C6H10O6.Na/c1-2-12-6(11)4(8)3(7)5(9)10;/h3-4,7-8H,2H2,1H3,(H,9,10);/q;+1/p-1/t3-,4-;/m1./s1. The number of rotatable bonds is 4. The largest absolute Gasteiger partial charge is 1.00 e. The van der Waals surface area contributed by atoms with E-state index in [2.05, 4.69) is 4.74 Å². The van der Waals surface area contributed by atoms with E-state index >= 15 is 0 Å². The van der Waals surface area contributed by atoms with E-state index in [-0.39, 0.29) is 36.2 Å². The van der Waals surface area contributed by atoms with E-state index in [0.29, 0.717) is 0 Å². The van der Waals surface area contributed by atoms with E-state index in [4.69, 9.17) is 10.2 Å². The van der Waals surface area contributed by atoms with Crippen molar-refractivity contribution in [1.82, 2.24) is 0 Å². The molecule has 0 heterocycles. The molecule has 0 fully saturated rings. The third-order valence-electron chi connectivity index (χ3n) is 1.07. The Labute approximate surface area is 96.8 Å². The third kappa shape index (κ3) is 5.22. The number of hydrogen-bond acceptors (Lipinski definition) is 6. The predicted octanol–water partition coefficient (Wildman–Crippen LogP) is -5.97. The molecule has 6 nitrogen and oxygen atoms in total. The van der Waals surface area contributed by atoms with Crippen LogP contribution in [0.3, 0.4) is 0 Å². The Balaban J connectivity index is 0. The average molecular weight is 200 g/mol. The SMILES string of the molecule is CCOC(=O)[C@H](O)[C@@H](O)C(=O)[O-].[Na+]. The van der Waals surface area contributed by atoms with Crippen LogP contribution in [0.15, 0.2) is 0 Å². The van der Waals surface area contributed by atoms with Crippen LogP contribution in [0.2, 0.25) is 0 Å². The number of esters is 1. The number of aliphatic carboxylic acids is 1. The van der Waals surface area contributed by atoms with Crippen molar-refractivity contribution in [3.05, 3.63) is 0 Å². The van der Waals surface area contributed by atoms with Crippen molar-refractivity contribution in [1.29, 1.82) is 0 Å². The van der Waals surface area contributed by atoms with E-state index < -0.39 is 24.1 Å². The number of carbonyl (C=O) groups excluding carboxylic acids is 2. The number of ether oxygens (including phenoxy) is 1. The maximum Gasteiger partial charge on any atom is 1.00 e. The molecule has 0 bridgehead atoms. The molecule has 0 aromatic heterocycles. The summed E-state index contributed by atoms with van der Waals surface area (Å²) >= 11 is 0. The van der Waals surface area contributed by atoms with Crippen molar-refractivity contribution in [2.24, 2.45) is 0 Å². The second-order valence-corrected chi connectivity index (χ2v) is 1.96. The zero-order valence-corrected chi connectivity index (χ0v) is 9.39. The Kier molecular flexibility index (Phi) is 8.59. The van der Waals surface area contributed by atoms with Gasteiger partial charge in [0.2, 0.25) is 0 Å². The molecule has 0 saturated heterocycles. The van der Waals surface area contributed by atoms with Crippen molar-refractivity contribution in [2.75, 3.05) is 6.61 Å². The predicted molar refractivity (Wildman–Crippen MR) is 33.7 cm³/mol. The zero-order chi connectivity index (χ0) is 9.72. The molecule has 2 atom stereocenters. The third-order valence-corrected chi connectivity index (χ3v) is 1.07. The van der Waals surface area contributed by atoms with Gasteiger partial charge in [-0.2, -0.15) is 0 Å². The molecule has 0 rings (SSSR count). The minimum Gasteiger partial charge on any atom is -0.547 e. The number of carboxylic acid groups (broad SMARTS) is 1. The molecule has 0 radical (unpaired) electrons. The quantitative estimate of drug-likeness (QED) is 0.345. The van der Waals surface area contributed by atoms with Crippen LogP contribution in [0.4, 0.5) is 0 Å². The van der Waals surface area contributed by atoms with E-state index in [1.807, 2.05) is 0 Å². The van der Waals surface area contributed by atoms with Crippen LogP contribution in [0, 0.1) is 0 Å². The van der Waals surface area contributed by atoms with E-state index in [9.17, 15) is 14.7 Å². The molecule has 0 saturated carbocycles. The molecule has 0 aliphatic carbocycles. The van der Waals surface area contributed by atoms with Gasteiger partial charge in [0, 0.05) is 0 Å². The normalized spacial score (nSPS) is 13.8. The summed E-state index contributed by atoms with van der Waals surface area (Å²) in [5.41, 5.74) is 0. The van der Waals surface area contributed by atoms with Gasteiger partial charge < -0.3 is 24.9 Å². The minimum atomic E-state index is -2.25. The van der Waals surface area contributed by atoms with Gasteiger partial charge >= 0.3 is 35.5 Å². The molecule has 7 heteroatoms. The van der Waals surface area contributed by atoms with Crippen LogP contribution < -0.4 is 34.7 Å². The van der Waals surface area contributed by atoms with E-state index in [1.54, 1.807) is 0 Å². The van der Waals surface area contributed by atoms with Gasteiger partial charge in [-0.1, -0.05) is 0 Å². The summed E-state index contributed by atoms with van der Waals surface area (Å²) in [5, 5.41) is 27.2. The zero-order valence-electron chi connectivity index (χ0n) is 7.39. The van der Waals surface area contributed by atoms with E-state index in [0.717, 1.165) is 0 Å². The van der Waals surface area contributed by atoms with Crippen molar-refractivity contribution >= 4 is 11.9 Å². The van der Waals surface area contributed by atoms with E-state index in [1.165, 1.54) is 6.92 Å². The first-order valence-electron chi connectivity index (χ1n) is 3.24. The van der Waals surface area contributed by atoms with Gasteiger partial charge in [0.15, 0.2) is 6.10 Å². The van der Waals surface area contributed by atoms with Crippen LogP contribution in [-0.2, 0) is 14.3 Å². The van der Waals surface area contributed by atoms with Crippen LogP contribution in [-0.4, -0.2) is 41.0 Å². The van der Waals surface area contributed by atoms with Crippen LogP contribution in [0.5, 0.6) is 0 Å². The smallest absolute Gasteiger partial charge is 0.547 e. The first-order valence-corrected chi connectivity index (χ1v) is 3.24. The van der Waals surface area contributed by atoms with Crippen molar-refractivity contribution < 1.29 is 59.2 Å². The van der Waals surface area contributed by atoms with Crippen molar-refractivity contribution in [3.63, 3.8) is 0 Å². The van der Waals surface area contributed by atoms with Gasteiger partial charge in [-0.3, -0.25) is 0 Å². The molecule has 0 aromatic carbocycles. The molecule has 0 aromatic rings. The molecule has 2 N–H and O–H groups in total. The molecular weight excluding hydrogens is 191 g/mol. The molecule has 0 spiro atoms. The van der Waals surface area contributed by atoms with Gasteiger partial charge in [0.1, 0.15) is 6.10 Å². The van der Waals surface area contributed by atoms with Crippen molar-refractivity contribution in [2.45, 2.75) is 19.1 Å². The Hall–Kier alpha value is -0.140. The fourth-order valence-corrected chi connectivity index (χ4v) is 0.485. The van der Waals surface area contributed by atoms with Gasteiger partial charge in [-0.05, 0) is 6.92 Å². The second-order valence-electron chi connectivity index (χ2n) is 1.96. The molecular formula is C6H9NaO6. The number of aliphatic hydroxyl groups is 2. The first-order chi connectivity index (χ1) is 5.50. The summed E-state index contributed by atoms with van der Waals surface area (Å²) in [5.74, 6) is -3.11. The first kappa shape index (κ1) is 15.3. The monoisotopic (exact) mass is 200 g/mol. The molecule has 13 heavy (non-hydrogen) atoms. The van der Waals surface area contributed by atoms with Crippen LogP contribution in [0.1, 0.15) is 6.92 Å². The van der Waals surface area contributed by atoms with Crippen LogP contribution >= 0.6 is 0 Å². The molecule has 0 unspecified atom stereocenters. The summed E-state index contributed by atoms with van der Waals surface area (Å²) in [6.45, 7) is 1.48. The summed E-state index contributed by atoms with van der Waals surface area (Å²) in [4.78, 5) is 20.5.